The molecular formula is C21H19NO3. The largest absolute Gasteiger partial charge is 0.456 e. The highest BCUT2D eigenvalue weighted by atomic mass is 16.5. The molecule has 0 heterocycles. The Morgan fingerprint density at radius 3 is 2.40 bits per heavy atom. The topological polar surface area (TPSA) is 55.4 Å². The molecule has 1 amide bonds. The zero-order chi connectivity index (χ0) is 17.5. The van der Waals surface area contributed by atoms with Crippen molar-refractivity contribution in [1.29, 1.82) is 0 Å². The van der Waals surface area contributed by atoms with Crippen LogP contribution in [0.4, 0.5) is 5.69 Å². The highest BCUT2D eigenvalue weighted by Crippen LogP contribution is 2.22. The predicted molar refractivity (Wildman–Crippen MR) is 98.3 cm³/mol. The first-order valence-corrected chi connectivity index (χ1v) is 8.19. The maximum atomic E-state index is 12.0. The molecule has 1 N–H and O–H groups in total. The molecule has 0 atom stereocenters. The number of amides is 1. The van der Waals surface area contributed by atoms with E-state index in [4.69, 9.17) is 4.74 Å². The van der Waals surface area contributed by atoms with Gasteiger partial charge in [0.1, 0.15) is 0 Å². The van der Waals surface area contributed by atoms with E-state index in [1.54, 1.807) is 0 Å². The molecule has 0 spiro atoms. The van der Waals surface area contributed by atoms with Crippen LogP contribution in [-0.2, 0) is 20.7 Å². The zero-order valence-electron chi connectivity index (χ0n) is 13.8. The average Bonchev–Trinajstić information content (AvgIpc) is 2.66. The lowest BCUT2D eigenvalue weighted by atomic mass is 10.1. The Morgan fingerprint density at radius 1 is 0.840 bits per heavy atom. The third-order valence-electron chi connectivity index (χ3n) is 3.89. The van der Waals surface area contributed by atoms with Gasteiger partial charge in [0.15, 0.2) is 6.61 Å². The quantitative estimate of drug-likeness (QED) is 0.695. The number of anilines is 1. The first kappa shape index (κ1) is 16.7. The molecule has 3 rings (SSSR count). The van der Waals surface area contributed by atoms with Crippen molar-refractivity contribution in [2.45, 2.75) is 12.8 Å². The summed E-state index contributed by atoms with van der Waals surface area (Å²) < 4.78 is 5.06. The van der Waals surface area contributed by atoms with Gasteiger partial charge in [-0.2, -0.15) is 0 Å². The van der Waals surface area contributed by atoms with Crippen molar-refractivity contribution in [3.05, 3.63) is 78.4 Å². The molecule has 0 aromatic heterocycles. The van der Waals surface area contributed by atoms with Gasteiger partial charge < -0.3 is 10.1 Å². The Bertz CT molecular complexity index is 869. The fourth-order valence-corrected chi connectivity index (χ4v) is 2.63. The monoisotopic (exact) mass is 333 g/mol. The second kappa shape index (κ2) is 8.11. The minimum Gasteiger partial charge on any atom is -0.456 e. The normalized spacial score (nSPS) is 10.4. The van der Waals surface area contributed by atoms with Crippen molar-refractivity contribution in [2.75, 3.05) is 11.9 Å². The number of fused-ring (bicyclic) bond motifs is 1. The van der Waals surface area contributed by atoms with E-state index in [9.17, 15) is 9.59 Å². The summed E-state index contributed by atoms with van der Waals surface area (Å²) in [5.41, 5.74) is 1.78. The lowest BCUT2D eigenvalue weighted by molar-refractivity contribution is -0.147. The first-order valence-electron chi connectivity index (χ1n) is 8.19. The van der Waals surface area contributed by atoms with E-state index in [0.717, 1.165) is 16.3 Å². The zero-order valence-corrected chi connectivity index (χ0v) is 13.8. The van der Waals surface area contributed by atoms with Gasteiger partial charge in [-0.15, -0.1) is 0 Å². The molecule has 0 aliphatic rings. The molecule has 3 aromatic carbocycles. The van der Waals surface area contributed by atoms with E-state index in [1.807, 2.05) is 72.8 Å². The molecule has 0 saturated carbocycles. The van der Waals surface area contributed by atoms with Gasteiger partial charge >= 0.3 is 5.97 Å². The number of hydrogen-bond acceptors (Lipinski definition) is 3. The van der Waals surface area contributed by atoms with Gasteiger partial charge in [0, 0.05) is 17.5 Å². The summed E-state index contributed by atoms with van der Waals surface area (Å²) in [5.74, 6) is -0.721. The molecular weight excluding hydrogens is 314 g/mol. The average molecular weight is 333 g/mol. The number of rotatable bonds is 6. The van der Waals surface area contributed by atoms with Crippen molar-refractivity contribution in [3.63, 3.8) is 0 Å². The van der Waals surface area contributed by atoms with Crippen LogP contribution in [0.2, 0.25) is 0 Å². The van der Waals surface area contributed by atoms with Crippen molar-refractivity contribution in [3.8, 4) is 0 Å². The maximum absolute atomic E-state index is 12.0. The highest BCUT2D eigenvalue weighted by molar-refractivity contribution is 6.02. The van der Waals surface area contributed by atoms with Crippen LogP contribution < -0.4 is 5.32 Å². The Balaban J connectivity index is 1.50. The molecule has 0 saturated heterocycles. The van der Waals surface area contributed by atoms with Gasteiger partial charge in [-0.1, -0.05) is 66.7 Å². The van der Waals surface area contributed by atoms with Crippen LogP contribution in [0.5, 0.6) is 0 Å². The van der Waals surface area contributed by atoms with E-state index in [1.165, 1.54) is 0 Å². The third kappa shape index (κ3) is 4.67. The van der Waals surface area contributed by atoms with E-state index in [0.29, 0.717) is 12.1 Å². The Kier molecular flexibility index (Phi) is 5.42. The molecule has 3 aromatic rings. The highest BCUT2D eigenvalue weighted by Gasteiger charge is 2.09. The van der Waals surface area contributed by atoms with Crippen LogP contribution >= 0.6 is 0 Å². The molecule has 0 aliphatic heterocycles. The molecule has 126 valence electrons. The standard InChI is InChI=1S/C21H19NO3/c23-20(15-25-21(24)14-13-16-7-2-1-3-8-16)22-19-12-6-10-17-9-4-5-11-18(17)19/h1-12H,13-15H2,(H,22,23). The fourth-order valence-electron chi connectivity index (χ4n) is 2.63. The first-order chi connectivity index (χ1) is 12.2. The van der Waals surface area contributed by atoms with Crippen LogP contribution in [0, 0.1) is 0 Å². The number of nitrogens with one attached hydrogen (secondary N) is 1. The van der Waals surface area contributed by atoms with Gasteiger partial charge in [0.05, 0.1) is 0 Å². The fraction of sp³-hybridized carbons (Fsp3) is 0.143. The number of aryl methyl sites for hydroxylation is 1. The molecule has 25 heavy (non-hydrogen) atoms. The van der Waals surface area contributed by atoms with Gasteiger partial charge in [-0.3, -0.25) is 9.59 Å². The molecule has 0 unspecified atom stereocenters. The summed E-state index contributed by atoms with van der Waals surface area (Å²) in [6.45, 7) is -0.281. The van der Waals surface area contributed by atoms with E-state index in [2.05, 4.69) is 5.32 Å². The minimum atomic E-state index is -0.378. The van der Waals surface area contributed by atoms with Gasteiger partial charge in [-0.05, 0) is 23.4 Å². The van der Waals surface area contributed by atoms with Crippen molar-refractivity contribution in [2.24, 2.45) is 0 Å². The van der Waals surface area contributed by atoms with Crippen LogP contribution in [0.3, 0.4) is 0 Å². The predicted octanol–water partition coefficient (Wildman–Crippen LogP) is 3.95. The van der Waals surface area contributed by atoms with Crippen molar-refractivity contribution < 1.29 is 14.3 Å². The SMILES string of the molecule is O=C(COC(=O)CCc1ccccc1)Nc1cccc2ccccc12. The Labute approximate surface area is 146 Å². The Morgan fingerprint density at radius 2 is 1.56 bits per heavy atom. The number of carbonyl (C=O) groups is 2. The van der Waals surface area contributed by atoms with Crippen LogP contribution in [-0.4, -0.2) is 18.5 Å². The lowest BCUT2D eigenvalue weighted by Gasteiger charge is -2.09. The number of benzene rings is 3. The van der Waals surface area contributed by atoms with Gasteiger partial charge in [-0.25, -0.2) is 0 Å². The number of esters is 1. The van der Waals surface area contributed by atoms with Crippen molar-refractivity contribution >= 4 is 28.3 Å². The third-order valence-corrected chi connectivity index (χ3v) is 3.89. The molecule has 4 heteroatoms. The van der Waals surface area contributed by atoms with E-state index >= 15 is 0 Å². The molecule has 4 nitrogen and oxygen atoms in total. The minimum absolute atomic E-state index is 0.256. The summed E-state index contributed by atoms with van der Waals surface area (Å²) in [4.78, 5) is 23.8. The van der Waals surface area contributed by atoms with Crippen LogP contribution in [0.25, 0.3) is 10.8 Å². The second-order valence-corrected chi connectivity index (χ2v) is 5.72. The van der Waals surface area contributed by atoms with E-state index < -0.39 is 0 Å². The summed E-state index contributed by atoms with van der Waals surface area (Å²) in [6.07, 6.45) is 0.857. The van der Waals surface area contributed by atoms with Crippen LogP contribution in [0.1, 0.15) is 12.0 Å². The van der Waals surface area contributed by atoms with Gasteiger partial charge in [0.2, 0.25) is 0 Å². The molecule has 0 fully saturated rings. The van der Waals surface area contributed by atoms with Crippen LogP contribution in [0.15, 0.2) is 72.8 Å². The Hall–Kier alpha value is -3.14. The smallest absolute Gasteiger partial charge is 0.306 e. The van der Waals surface area contributed by atoms with E-state index in [-0.39, 0.29) is 24.9 Å². The summed E-state index contributed by atoms with van der Waals surface area (Å²) >= 11 is 0. The van der Waals surface area contributed by atoms with Gasteiger partial charge in [0.25, 0.3) is 5.91 Å². The molecule has 0 bridgehead atoms. The summed E-state index contributed by atoms with van der Waals surface area (Å²) in [5, 5.41) is 4.79. The molecule has 0 radical (unpaired) electrons. The number of ether oxygens (including phenoxy) is 1. The number of hydrogen-bond donors (Lipinski definition) is 1. The number of carbonyl (C=O) groups excluding carboxylic acids is 2. The summed E-state index contributed by atoms with van der Waals surface area (Å²) in [6, 6.07) is 23.2. The second-order valence-electron chi connectivity index (χ2n) is 5.72. The van der Waals surface area contributed by atoms with Crippen molar-refractivity contribution in [1.82, 2.24) is 0 Å². The molecule has 0 aliphatic carbocycles. The lowest BCUT2D eigenvalue weighted by Crippen LogP contribution is -2.21. The maximum Gasteiger partial charge on any atom is 0.306 e. The summed E-state index contributed by atoms with van der Waals surface area (Å²) in [7, 11) is 0.